The Labute approximate surface area is 105 Å². The zero-order valence-electron chi connectivity index (χ0n) is 8.42. The van der Waals surface area contributed by atoms with E-state index in [-0.39, 0.29) is 6.10 Å². The van der Waals surface area contributed by atoms with Gasteiger partial charge in [0.1, 0.15) is 0 Å². The van der Waals surface area contributed by atoms with Crippen LogP contribution in [-0.4, -0.2) is 10.4 Å². The molecule has 1 atom stereocenters. The normalized spacial score (nSPS) is 13.9. The van der Waals surface area contributed by atoms with Crippen LogP contribution in [0.1, 0.15) is 25.0 Å². The monoisotopic (exact) mass is 266 g/mol. The van der Waals surface area contributed by atoms with Crippen molar-refractivity contribution in [1.29, 1.82) is 0 Å². The summed E-state index contributed by atoms with van der Waals surface area (Å²) < 4.78 is 4.27. The number of halogens is 3. The minimum Gasteiger partial charge on any atom is -0.374 e. The summed E-state index contributed by atoms with van der Waals surface area (Å²) >= 11 is 17.3. The van der Waals surface area contributed by atoms with E-state index in [2.05, 4.69) is 0 Å². The van der Waals surface area contributed by atoms with Crippen molar-refractivity contribution in [2.24, 2.45) is 0 Å². The Bertz CT molecular complexity index is 282. The van der Waals surface area contributed by atoms with Gasteiger partial charge in [0.15, 0.2) is 3.79 Å². The summed E-state index contributed by atoms with van der Waals surface area (Å²) in [7, 11) is 0. The summed E-state index contributed by atoms with van der Waals surface area (Å²) in [6.45, 7) is 2.52. The molecule has 0 saturated heterocycles. The molecule has 1 unspecified atom stereocenters. The number of ether oxygens (including phenoxy) is 1. The van der Waals surface area contributed by atoms with E-state index in [9.17, 15) is 0 Å². The van der Waals surface area contributed by atoms with E-state index in [1.54, 1.807) is 0 Å². The van der Waals surface area contributed by atoms with Crippen LogP contribution in [0.3, 0.4) is 0 Å². The molecular weight excluding hydrogens is 254 g/mol. The number of hydrogen-bond donors (Lipinski definition) is 0. The van der Waals surface area contributed by atoms with E-state index in [1.165, 1.54) is 0 Å². The van der Waals surface area contributed by atoms with Gasteiger partial charge >= 0.3 is 0 Å². The fraction of sp³-hybridized carbons (Fsp3) is 0.455. The molecule has 4 heteroatoms. The van der Waals surface area contributed by atoms with Crippen LogP contribution in [0.5, 0.6) is 0 Å². The third-order valence-corrected chi connectivity index (χ3v) is 2.42. The van der Waals surface area contributed by atoms with Gasteiger partial charge in [-0.3, -0.25) is 0 Å². The third kappa shape index (κ3) is 5.07. The predicted molar refractivity (Wildman–Crippen MR) is 65.7 cm³/mol. The highest BCUT2D eigenvalue weighted by atomic mass is 35.6. The van der Waals surface area contributed by atoms with Gasteiger partial charge in [-0.25, -0.2) is 0 Å². The Hall–Kier alpha value is 0.0500. The zero-order chi connectivity index (χ0) is 11.3. The van der Waals surface area contributed by atoms with Gasteiger partial charge in [-0.2, -0.15) is 0 Å². The van der Waals surface area contributed by atoms with E-state index >= 15 is 0 Å². The predicted octanol–water partition coefficient (Wildman–Crippen LogP) is 4.52. The highest BCUT2D eigenvalue weighted by Gasteiger charge is 2.26. The van der Waals surface area contributed by atoms with E-state index in [1.807, 2.05) is 37.3 Å². The van der Waals surface area contributed by atoms with Gasteiger partial charge in [-0.05, 0) is 12.5 Å². The summed E-state index contributed by atoms with van der Waals surface area (Å²) in [5, 5.41) is 0. The van der Waals surface area contributed by atoms with Gasteiger partial charge in [0.25, 0.3) is 0 Å². The van der Waals surface area contributed by atoms with Gasteiger partial charge in [0.05, 0.1) is 6.10 Å². The molecule has 15 heavy (non-hydrogen) atoms. The molecule has 1 rings (SSSR count). The molecule has 1 nitrogen and oxygen atoms in total. The average Bonchev–Trinajstić information content (AvgIpc) is 2.17. The summed E-state index contributed by atoms with van der Waals surface area (Å²) in [5.41, 5.74) is 1.03. The van der Waals surface area contributed by atoms with E-state index in [4.69, 9.17) is 39.5 Å². The first kappa shape index (κ1) is 13.1. The van der Waals surface area contributed by atoms with Crippen molar-refractivity contribution in [3.8, 4) is 0 Å². The van der Waals surface area contributed by atoms with Crippen LogP contribution in [0.4, 0.5) is 0 Å². The van der Waals surface area contributed by atoms with Crippen molar-refractivity contribution >= 4 is 34.8 Å². The molecule has 0 aliphatic carbocycles. The lowest BCUT2D eigenvalue weighted by molar-refractivity contribution is 0.0571. The largest absolute Gasteiger partial charge is 0.374 e. The number of benzene rings is 1. The molecule has 0 saturated carbocycles. The maximum absolute atomic E-state index is 5.76. The lowest BCUT2D eigenvalue weighted by Crippen LogP contribution is -2.13. The highest BCUT2D eigenvalue weighted by Crippen LogP contribution is 2.37. The first-order valence-electron chi connectivity index (χ1n) is 4.76. The van der Waals surface area contributed by atoms with E-state index < -0.39 is 3.79 Å². The Morgan fingerprint density at radius 1 is 1.20 bits per heavy atom. The van der Waals surface area contributed by atoms with E-state index in [0.717, 1.165) is 5.56 Å². The molecule has 1 aromatic rings. The summed E-state index contributed by atoms with van der Waals surface area (Å²) in [6.07, 6.45) is 0.193. The fourth-order valence-electron chi connectivity index (χ4n) is 1.35. The van der Waals surface area contributed by atoms with Crippen molar-refractivity contribution in [3.05, 3.63) is 35.9 Å². The number of rotatable bonds is 4. The van der Waals surface area contributed by atoms with Crippen LogP contribution < -0.4 is 0 Å². The topological polar surface area (TPSA) is 9.23 Å². The van der Waals surface area contributed by atoms with Crippen LogP contribution >= 0.6 is 34.8 Å². The van der Waals surface area contributed by atoms with E-state index in [0.29, 0.717) is 13.0 Å². The highest BCUT2D eigenvalue weighted by molar-refractivity contribution is 6.67. The fourth-order valence-corrected chi connectivity index (χ4v) is 1.77. The number of alkyl halides is 3. The Balaban J connectivity index is 2.75. The molecule has 0 spiro atoms. The quantitative estimate of drug-likeness (QED) is 0.729. The Morgan fingerprint density at radius 2 is 1.80 bits per heavy atom. The molecule has 1 aromatic carbocycles. The van der Waals surface area contributed by atoms with Gasteiger partial charge < -0.3 is 4.74 Å². The minimum atomic E-state index is -1.28. The summed E-state index contributed by atoms with van der Waals surface area (Å²) in [5.74, 6) is 0. The van der Waals surface area contributed by atoms with Crippen molar-refractivity contribution < 1.29 is 4.74 Å². The standard InChI is InChI=1S/C11H13Cl3O/c1-2-15-10(8-11(12,13)14)9-6-4-3-5-7-9/h3-7,10H,2,8H2,1H3. The Kier molecular flexibility index (Phi) is 5.20. The van der Waals surface area contributed by atoms with Crippen LogP contribution in [0.25, 0.3) is 0 Å². The van der Waals surface area contributed by atoms with Crippen LogP contribution in [0, 0.1) is 0 Å². The smallest absolute Gasteiger partial charge is 0.193 e. The molecule has 0 fully saturated rings. The molecule has 0 radical (unpaired) electrons. The minimum absolute atomic E-state index is 0.163. The third-order valence-electron chi connectivity index (χ3n) is 1.96. The van der Waals surface area contributed by atoms with Crippen LogP contribution in [0.2, 0.25) is 0 Å². The van der Waals surface area contributed by atoms with Gasteiger partial charge in [0.2, 0.25) is 0 Å². The first-order valence-corrected chi connectivity index (χ1v) is 5.89. The molecule has 0 amide bonds. The number of hydrogen-bond acceptors (Lipinski definition) is 1. The average molecular weight is 268 g/mol. The molecular formula is C11H13Cl3O. The van der Waals surface area contributed by atoms with Crippen LogP contribution in [0.15, 0.2) is 30.3 Å². The zero-order valence-corrected chi connectivity index (χ0v) is 10.7. The second kappa shape index (κ2) is 5.95. The summed E-state index contributed by atoms with van der Waals surface area (Å²) in [4.78, 5) is 0. The molecule has 0 N–H and O–H groups in total. The molecule has 0 aromatic heterocycles. The van der Waals surface area contributed by atoms with Crippen molar-refractivity contribution in [1.82, 2.24) is 0 Å². The van der Waals surface area contributed by atoms with Crippen molar-refractivity contribution in [2.45, 2.75) is 23.2 Å². The molecule has 0 bridgehead atoms. The maximum Gasteiger partial charge on any atom is 0.193 e. The lowest BCUT2D eigenvalue weighted by atomic mass is 10.1. The van der Waals surface area contributed by atoms with Crippen molar-refractivity contribution in [3.63, 3.8) is 0 Å². The van der Waals surface area contributed by atoms with Gasteiger partial charge in [0, 0.05) is 13.0 Å². The second-order valence-corrected chi connectivity index (χ2v) is 5.69. The maximum atomic E-state index is 5.76. The SMILES string of the molecule is CCOC(CC(Cl)(Cl)Cl)c1ccccc1. The molecule has 84 valence electrons. The molecule has 0 aliphatic heterocycles. The second-order valence-electron chi connectivity index (χ2n) is 3.17. The molecule has 0 heterocycles. The van der Waals surface area contributed by atoms with Crippen molar-refractivity contribution in [2.75, 3.05) is 6.61 Å². The summed E-state index contributed by atoms with van der Waals surface area (Å²) in [6, 6.07) is 9.77. The van der Waals surface area contributed by atoms with Gasteiger partial charge in [-0.1, -0.05) is 65.1 Å². The van der Waals surface area contributed by atoms with Crippen LogP contribution in [-0.2, 0) is 4.74 Å². The first-order chi connectivity index (χ1) is 7.03. The lowest BCUT2D eigenvalue weighted by Gasteiger charge is -2.21. The Morgan fingerprint density at radius 3 is 2.27 bits per heavy atom. The van der Waals surface area contributed by atoms with Gasteiger partial charge in [-0.15, -0.1) is 0 Å². The molecule has 0 aliphatic rings.